The standard InChI is InChI=1S/C23H27N3O3S/c1-5-12-26-22(28)20(14-21(27)25-19-13-15(2)6-7-16(19)3)30-23(26)24-17-8-10-18(29-4)11-9-17/h6-11,13,20H,5,12,14H2,1-4H3,(H,25,27)/t20-/m1/s1. The average molecular weight is 426 g/mol. The molecular formula is C23H27N3O3S. The molecule has 0 radical (unpaired) electrons. The predicted octanol–water partition coefficient (Wildman–Crippen LogP) is 4.68. The first-order valence-electron chi connectivity index (χ1n) is 9.99. The zero-order valence-electron chi connectivity index (χ0n) is 17.8. The van der Waals surface area contributed by atoms with Crippen LogP contribution in [0.4, 0.5) is 11.4 Å². The summed E-state index contributed by atoms with van der Waals surface area (Å²) in [6, 6.07) is 13.3. The lowest BCUT2D eigenvalue weighted by atomic mass is 10.1. The fraction of sp³-hybridized carbons (Fsp3) is 0.348. The van der Waals surface area contributed by atoms with Crippen LogP contribution in [0, 0.1) is 13.8 Å². The van der Waals surface area contributed by atoms with Gasteiger partial charge in [-0.2, -0.15) is 0 Å². The first-order valence-corrected chi connectivity index (χ1v) is 10.9. The van der Waals surface area contributed by atoms with Crippen molar-refractivity contribution in [1.29, 1.82) is 0 Å². The molecule has 1 fully saturated rings. The van der Waals surface area contributed by atoms with Gasteiger partial charge in [0, 0.05) is 18.7 Å². The highest BCUT2D eigenvalue weighted by molar-refractivity contribution is 8.15. The molecule has 158 valence electrons. The molecule has 30 heavy (non-hydrogen) atoms. The predicted molar refractivity (Wildman–Crippen MR) is 123 cm³/mol. The molecule has 1 aliphatic heterocycles. The number of nitrogens with one attached hydrogen (secondary N) is 1. The lowest BCUT2D eigenvalue weighted by molar-refractivity contribution is -0.128. The van der Waals surface area contributed by atoms with E-state index in [1.807, 2.05) is 63.2 Å². The fourth-order valence-corrected chi connectivity index (χ4v) is 4.35. The lowest BCUT2D eigenvalue weighted by Crippen LogP contribution is -2.34. The number of rotatable bonds is 7. The third-order valence-electron chi connectivity index (χ3n) is 4.80. The van der Waals surface area contributed by atoms with Crippen molar-refractivity contribution in [2.75, 3.05) is 19.0 Å². The maximum absolute atomic E-state index is 12.9. The number of anilines is 1. The molecule has 1 aliphatic rings. The van der Waals surface area contributed by atoms with Crippen LogP contribution in [-0.2, 0) is 9.59 Å². The Morgan fingerprint density at radius 3 is 2.60 bits per heavy atom. The highest BCUT2D eigenvalue weighted by Crippen LogP contribution is 2.32. The van der Waals surface area contributed by atoms with Crippen molar-refractivity contribution in [3.63, 3.8) is 0 Å². The number of thioether (sulfide) groups is 1. The third-order valence-corrected chi connectivity index (χ3v) is 5.98. The van der Waals surface area contributed by atoms with Gasteiger partial charge in [-0.1, -0.05) is 30.8 Å². The van der Waals surface area contributed by atoms with E-state index in [0.717, 1.165) is 34.7 Å². The summed E-state index contributed by atoms with van der Waals surface area (Å²) < 4.78 is 5.18. The van der Waals surface area contributed by atoms with Crippen LogP contribution in [0.3, 0.4) is 0 Å². The normalized spacial score (nSPS) is 17.5. The summed E-state index contributed by atoms with van der Waals surface area (Å²) in [5, 5.41) is 3.11. The number of hydrogen-bond acceptors (Lipinski definition) is 5. The highest BCUT2D eigenvalue weighted by Gasteiger charge is 2.38. The van der Waals surface area contributed by atoms with Gasteiger partial charge >= 0.3 is 0 Å². The summed E-state index contributed by atoms with van der Waals surface area (Å²) >= 11 is 1.35. The summed E-state index contributed by atoms with van der Waals surface area (Å²) in [6.07, 6.45) is 0.925. The van der Waals surface area contributed by atoms with Crippen molar-refractivity contribution in [3.05, 3.63) is 53.6 Å². The largest absolute Gasteiger partial charge is 0.497 e. The molecule has 0 bridgehead atoms. The van der Waals surface area contributed by atoms with Gasteiger partial charge in [-0.25, -0.2) is 4.99 Å². The van der Waals surface area contributed by atoms with Crippen molar-refractivity contribution >= 4 is 40.1 Å². The Hall–Kier alpha value is -2.80. The Bertz CT molecular complexity index is 957. The minimum absolute atomic E-state index is 0.0646. The van der Waals surface area contributed by atoms with Crippen LogP contribution in [-0.4, -0.2) is 40.8 Å². The molecule has 2 aromatic rings. The molecule has 1 atom stereocenters. The van der Waals surface area contributed by atoms with Crippen LogP contribution in [0.1, 0.15) is 30.9 Å². The molecule has 2 amide bonds. The molecule has 0 aliphatic carbocycles. The van der Waals surface area contributed by atoms with E-state index in [0.29, 0.717) is 11.7 Å². The van der Waals surface area contributed by atoms with Crippen LogP contribution >= 0.6 is 11.8 Å². The van der Waals surface area contributed by atoms with Crippen LogP contribution in [0.2, 0.25) is 0 Å². The van der Waals surface area contributed by atoms with Gasteiger partial charge in [0.15, 0.2) is 5.17 Å². The van der Waals surface area contributed by atoms with Gasteiger partial charge in [0.2, 0.25) is 11.8 Å². The number of methoxy groups -OCH3 is 1. The van der Waals surface area contributed by atoms with E-state index in [-0.39, 0.29) is 18.2 Å². The van der Waals surface area contributed by atoms with Gasteiger partial charge in [-0.3, -0.25) is 14.5 Å². The number of hydrogen-bond donors (Lipinski definition) is 1. The topological polar surface area (TPSA) is 71.0 Å². The van der Waals surface area contributed by atoms with Gasteiger partial charge in [0.1, 0.15) is 11.0 Å². The van der Waals surface area contributed by atoms with Gasteiger partial charge < -0.3 is 10.1 Å². The third kappa shape index (κ3) is 5.21. The number of amidine groups is 1. The lowest BCUT2D eigenvalue weighted by Gasteiger charge is -2.15. The Kier molecular flexibility index (Phi) is 7.15. The monoisotopic (exact) mass is 425 g/mol. The van der Waals surface area contributed by atoms with Gasteiger partial charge in [-0.15, -0.1) is 0 Å². The summed E-state index contributed by atoms with van der Waals surface area (Å²) in [4.78, 5) is 31.9. The summed E-state index contributed by atoms with van der Waals surface area (Å²) in [6.45, 7) is 6.53. The number of amides is 2. The second-order valence-corrected chi connectivity index (χ2v) is 8.43. The van der Waals surface area contributed by atoms with Crippen molar-refractivity contribution in [2.45, 2.75) is 38.9 Å². The van der Waals surface area contributed by atoms with Crippen LogP contribution in [0.25, 0.3) is 0 Å². The quantitative estimate of drug-likeness (QED) is 0.699. The second kappa shape index (κ2) is 9.80. The minimum Gasteiger partial charge on any atom is -0.497 e. The Balaban J connectivity index is 1.73. The molecule has 1 heterocycles. The van der Waals surface area contributed by atoms with E-state index in [4.69, 9.17) is 4.74 Å². The molecule has 2 aromatic carbocycles. The molecule has 1 saturated heterocycles. The zero-order chi connectivity index (χ0) is 21.7. The maximum atomic E-state index is 12.9. The Morgan fingerprint density at radius 1 is 1.20 bits per heavy atom. The van der Waals surface area contributed by atoms with Crippen LogP contribution in [0.5, 0.6) is 5.75 Å². The number of carbonyl (C=O) groups is 2. The SMILES string of the molecule is CCCN1C(=O)[C@@H](CC(=O)Nc2cc(C)ccc2C)SC1=Nc1ccc(OC)cc1. The highest BCUT2D eigenvalue weighted by atomic mass is 32.2. The summed E-state index contributed by atoms with van der Waals surface area (Å²) in [5.74, 6) is 0.516. The molecule has 3 rings (SSSR count). The molecule has 1 N–H and O–H groups in total. The Labute approximate surface area is 181 Å². The molecule has 0 aromatic heterocycles. The van der Waals surface area contributed by atoms with Gasteiger partial charge in [0.05, 0.1) is 12.8 Å². The molecular weight excluding hydrogens is 398 g/mol. The molecule has 0 spiro atoms. The summed E-state index contributed by atoms with van der Waals surface area (Å²) in [7, 11) is 1.61. The number of benzene rings is 2. The molecule has 0 unspecified atom stereocenters. The first kappa shape index (κ1) is 21.9. The minimum atomic E-state index is -0.473. The number of ether oxygens (including phenoxy) is 1. The molecule has 0 saturated carbocycles. The van der Waals surface area contributed by atoms with Crippen molar-refractivity contribution < 1.29 is 14.3 Å². The smallest absolute Gasteiger partial charge is 0.242 e. The second-order valence-electron chi connectivity index (χ2n) is 7.26. The first-order chi connectivity index (χ1) is 14.4. The van der Waals surface area contributed by atoms with E-state index >= 15 is 0 Å². The van der Waals surface area contributed by atoms with Crippen LogP contribution < -0.4 is 10.1 Å². The van der Waals surface area contributed by atoms with Crippen molar-refractivity contribution in [1.82, 2.24) is 4.90 Å². The number of aliphatic imine (C=N–C) groups is 1. The molecule has 7 heteroatoms. The maximum Gasteiger partial charge on any atom is 0.242 e. The van der Waals surface area contributed by atoms with E-state index < -0.39 is 5.25 Å². The number of nitrogens with zero attached hydrogens (tertiary/aromatic N) is 2. The number of aryl methyl sites for hydroxylation is 2. The van der Waals surface area contributed by atoms with Crippen LogP contribution in [0.15, 0.2) is 47.5 Å². The fourth-order valence-electron chi connectivity index (χ4n) is 3.16. The zero-order valence-corrected chi connectivity index (χ0v) is 18.6. The Morgan fingerprint density at radius 2 is 1.93 bits per heavy atom. The van der Waals surface area contributed by atoms with E-state index in [9.17, 15) is 9.59 Å². The summed E-state index contributed by atoms with van der Waals surface area (Å²) in [5.41, 5.74) is 3.60. The average Bonchev–Trinajstić information content (AvgIpc) is 3.00. The van der Waals surface area contributed by atoms with E-state index in [1.54, 1.807) is 12.0 Å². The number of carbonyl (C=O) groups excluding carboxylic acids is 2. The van der Waals surface area contributed by atoms with Crippen molar-refractivity contribution in [3.8, 4) is 5.75 Å². The van der Waals surface area contributed by atoms with E-state index in [2.05, 4.69) is 10.3 Å². The van der Waals surface area contributed by atoms with E-state index in [1.165, 1.54) is 11.8 Å². The van der Waals surface area contributed by atoms with Gasteiger partial charge in [0.25, 0.3) is 0 Å². The van der Waals surface area contributed by atoms with Crippen molar-refractivity contribution in [2.24, 2.45) is 4.99 Å². The molecule has 6 nitrogen and oxygen atoms in total. The van der Waals surface area contributed by atoms with Gasteiger partial charge in [-0.05, 0) is 61.7 Å².